The number of imide groups is 1. The lowest BCUT2D eigenvalue weighted by molar-refractivity contribution is -0.138. The zero-order valence-corrected chi connectivity index (χ0v) is 26.5. The number of hydrogen-bond acceptors (Lipinski definition) is 7. The zero-order valence-electron chi connectivity index (χ0n) is 23.2. The number of thiazole rings is 1. The number of carbonyl (C=O) groups excluding carboxylic acids is 3. The van der Waals surface area contributed by atoms with Gasteiger partial charge in [0.15, 0.2) is 6.61 Å². The Morgan fingerprint density at radius 1 is 0.936 bits per heavy atom. The number of aromatic nitrogens is 1. The molecule has 244 valence electrons. The number of alkyl halides is 6. The summed E-state index contributed by atoms with van der Waals surface area (Å²) >= 11 is 5.04. The highest BCUT2D eigenvalue weighted by Crippen LogP contribution is 2.55. The summed E-state index contributed by atoms with van der Waals surface area (Å²) in [6.45, 7) is -0.754. The number of nitrogens with zero attached hydrogens (tertiary/aromatic N) is 1. The van der Waals surface area contributed by atoms with E-state index in [1.165, 1.54) is 24.3 Å². The van der Waals surface area contributed by atoms with Crippen LogP contribution in [0.15, 0.2) is 81.0 Å². The lowest BCUT2D eigenvalue weighted by Crippen LogP contribution is -2.32. The van der Waals surface area contributed by atoms with E-state index >= 15 is 0 Å². The molecule has 4 aromatic rings. The van der Waals surface area contributed by atoms with Gasteiger partial charge in [0, 0.05) is 20.8 Å². The summed E-state index contributed by atoms with van der Waals surface area (Å²) in [4.78, 5) is 56.1. The Kier molecular flexibility index (Phi) is 8.50. The van der Waals surface area contributed by atoms with Gasteiger partial charge in [0.2, 0.25) is 11.8 Å². The number of rotatable bonds is 6. The lowest BCUT2D eigenvalue weighted by atomic mass is 9.82. The van der Waals surface area contributed by atoms with E-state index in [1.807, 2.05) is 0 Å². The number of ether oxygens (including phenoxy) is 1. The maximum Gasteiger partial charge on any atom is 0.418 e. The van der Waals surface area contributed by atoms with Gasteiger partial charge < -0.3 is 15.0 Å². The Morgan fingerprint density at radius 3 is 2.40 bits per heavy atom. The summed E-state index contributed by atoms with van der Waals surface area (Å²) in [5.74, 6) is -4.74. The molecule has 3 amide bonds. The van der Waals surface area contributed by atoms with Gasteiger partial charge in [-0.2, -0.15) is 26.3 Å². The normalized spacial score (nSPS) is 19.4. The van der Waals surface area contributed by atoms with Crippen LogP contribution in [0, 0.1) is 5.92 Å². The second-order valence-corrected chi connectivity index (χ2v) is 13.5. The number of anilines is 2. The van der Waals surface area contributed by atoms with E-state index in [4.69, 9.17) is 4.74 Å². The van der Waals surface area contributed by atoms with Crippen LogP contribution in [0.1, 0.15) is 27.5 Å². The first kappa shape index (κ1) is 32.8. The van der Waals surface area contributed by atoms with Gasteiger partial charge in [0.1, 0.15) is 11.0 Å². The predicted molar refractivity (Wildman–Crippen MR) is 164 cm³/mol. The molecule has 47 heavy (non-hydrogen) atoms. The molecule has 2 N–H and O–H groups in total. The molecule has 0 radical (unpaired) electrons. The largest absolute Gasteiger partial charge is 0.483 e. The standard InChI is InChI=1S/C30H18BrF6N3O5S2/c31-14-8-9-19(45-12-20(41)38-18-7-2-1-6-17(18)30(35,36)37)16(11-14)21-22-24(46-25-23(21)47-28(44)39-25)27(43)40(26(22)42)15-5-3-4-13(10-15)29(32,33)34/h1-11,21-22,24H,12H2,(H,38,41)(H,39,44)/t21-,22?,24?/m1/s1. The van der Waals surface area contributed by atoms with Gasteiger partial charge in [-0.25, -0.2) is 4.90 Å². The molecule has 0 aliphatic carbocycles. The molecule has 3 heterocycles. The smallest absolute Gasteiger partial charge is 0.418 e. The number of benzene rings is 3. The van der Waals surface area contributed by atoms with Crippen LogP contribution in [-0.2, 0) is 26.7 Å². The molecule has 0 saturated carbocycles. The Hall–Kier alpha value is -4.09. The fraction of sp³-hybridized carbons (Fsp3) is 0.200. The zero-order chi connectivity index (χ0) is 33.8. The van der Waals surface area contributed by atoms with E-state index < -0.39 is 75.5 Å². The minimum atomic E-state index is -4.74. The Bertz CT molecular complexity index is 1980. The summed E-state index contributed by atoms with van der Waals surface area (Å²) in [6.07, 6.45) is -9.47. The van der Waals surface area contributed by atoms with Crippen molar-refractivity contribution >= 4 is 68.1 Å². The summed E-state index contributed by atoms with van der Waals surface area (Å²) in [5.41, 5.74) is -2.63. The number of nitrogens with one attached hydrogen (secondary N) is 2. The van der Waals surface area contributed by atoms with E-state index in [9.17, 15) is 45.5 Å². The molecule has 3 aromatic carbocycles. The third-order valence-corrected chi connectivity index (χ3v) is 10.3. The molecule has 0 spiro atoms. The van der Waals surface area contributed by atoms with Crippen molar-refractivity contribution in [1.82, 2.24) is 4.98 Å². The monoisotopic (exact) mass is 757 g/mol. The molecule has 2 aliphatic heterocycles. The van der Waals surface area contributed by atoms with Crippen molar-refractivity contribution in [3.63, 3.8) is 0 Å². The van der Waals surface area contributed by atoms with E-state index in [-0.39, 0.29) is 22.0 Å². The van der Waals surface area contributed by atoms with Crippen molar-refractivity contribution in [3.8, 4) is 5.75 Å². The highest BCUT2D eigenvalue weighted by atomic mass is 79.9. The molecule has 8 nitrogen and oxygen atoms in total. The highest BCUT2D eigenvalue weighted by Gasteiger charge is 2.57. The van der Waals surface area contributed by atoms with Crippen LogP contribution < -0.4 is 19.8 Å². The maximum absolute atomic E-state index is 14.0. The summed E-state index contributed by atoms with van der Waals surface area (Å²) < 4.78 is 87.0. The van der Waals surface area contributed by atoms with Crippen molar-refractivity contribution in [1.29, 1.82) is 0 Å². The van der Waals surface area contributed by atoms with Crippen LogP contribution in [0.25, 0.3) is 0 Å². The average Bonchev–Trinajstić information content (AvgIpc) is 3.49. The van der Waals surface area contributed by atoms with Gasteiger partial charge >= 0.3 is 17.2 Å². The van der Waals surface area contributed by atoms with Gasteiger partial charge in [-0.05, 0) is 48.5 Å². The molecule has 3 atom stereocenters. The van der Waals surface area contributed by atoms with Crippen LogP contribution in [-0.4, -0.2) is 34.6 Å². The molecule has 17 heteroatoms. The molecule has 1 fully saturated rings. The number of fused-ring (bicyclic) bond motifs is 2. The van der Waals surface area contributed by atoms with Crippen LogP contribution in [0.3, 0.4) is 0 Å². The summed E-state index contributed by atoms with van der Waals surface area (Å²) in [6, 6.07) is 12.7. The Balaban J connectivity index is 1.35. The first-order chi connectivity index (χ1) is 22.1. The second kappa shape index (κ2) is 12.2. The van der Waals surface area contributed by atoms with Gasteiger partial charge in [0.25, 0.3) is 5.91 Å². The van der Waals surface area contributed by atoms with E-state index in [0.29, 0.717) is 20.3 Å². The number of thioether (sulfide) groups is 1. The minimum absolute atomic E-state index is 0.0210. The predicted octanol–water partition coefficient (Wildman–Crippen LogP) is 7.05. The SMILES string of the molecule is O=C(COc1ccc(Br)cc1[C@H]1c2sc(=O)[nH]c2SC2C(=O)N(c3cccc(C(F)(F)F)c3)C(=O)C21)Nc1ccccc1C(F)(F)F. The topological polar surface area (TPSA) is 109 Å². The molecule has 1 saturated heterocycles. The number of hydrogen-bond donors (Lipinski definition) is 2. The van der Waals surface area contributed by atoms with Gasteiger partial charge in [-0.1, -0.05) is 57.2 Å². The van der Waals surface area contributed by atoms with Crippen molar-refractivity contribution in [2.45, 2.75) is 28.5 Å². The van der Waals surface area contributed by atoms with E-state index in [0.717, 1.165) is 47.4 Å². The maximum atomic E-state index is 14.0. The number of amides is 3. The Labute approximate surface area is 277 Å². The van der Waals surface area contributed by atoms with Gasteiger partial charge in [-0.15, -0.1) is 0 Å². The first-order valence-electron chi connectivity index (χ1n) is 13.5. The third kappa shape index (κ3) is 6.30. The molecular weight excluding hydrogens is 740 g/mol. The summed E-state index contributed by atoms with van der Waals surface area (Å²) in [5, 5.41) is 1.32. The fourth-order valence-electron chi connectivity index (χ4n) is 5.49. The lowest BCUT2D eigenvalue weighted by Gasteiger charge is -2.31. The number of H-pyrrole nitrogens is 1. The second-order valence-electron chi connectivity index (χ2n) is 10.4. The molecule has 1 aromatic heterocycles. The highest BCUT2D eigenvalue weighted by molar-refractivity contribution is 9.10. The van der Waals surface area contributed by atoms with Gasteiger partial charge in [-0.3, -0.25) is 19.2 Å². The molecular formula is C30H18BrF6N3O5S2. The van der Waals surface area contributed by atoms with Crippen molar-refractivity contribution in [2.75, 3.05) is 16.8 Å². The molecule has 2 aliphatic rings. The third-order valence-electron chi connectivity index (χ3n) is 7.43. The molecule has 0 bridgehead atoms. The van der Waals surface area contributed by atoms with Crippen LogP contribution in [0.4, 0.5) is 37.7 Å². The number of carbonyl (C=O) groups is 3. The van der Waals surface area contributed by atoms with E-state index in [2.05, 4.69) is 26.2 Å². The quantitative estimate of drug-likeness (QED) is 0.161. The van der Waals surface area contributed by atoms with Crippen LogP contribution >= 0.6 is 39.0 Å². The fourth-order valence-corrected chi connectivity index (χ4v) is 8.38. The van der Waals surface area contributed by atoms with Crippen molar-refractivity contribution in [3.05, 3.63) is 102 Å². The molecule has 6 rings (SSSR count). The number of halogens is 7. The molecule has 2 unspecified atom stereocenters. The van der Waals surface area contributed by atoms with Crippen LogP contribution in [0.2, 0.25) is 0 Å². The Morgan fingerprint density at radius 2 is 1.68 bits per heavy atom. The number of aromatic amines is 1. The van der Waals surface area contributed by atoms with E-state index in [1.54, 1.807) is 12.1 Å². The summed E-state index contributed by atoms with van der Waals surface area (Å²) in [7, 11) is 0. The average molecular weight is 759 g/mol. The van der Waals surface area contributed by atoms with Gasteiger partial charge in [0.05, 0.1) is 33.4 Å². The van der Waals surface area contributed by atoms with Crippen LogP contribution in [0.5, 0.6) is 5.75 Å². The van der Waals surface area contributed by atoms with Crippen molar-refractivity contribution < 1.29 is 45.5 Å². The minimum Gasteiger partial charge on any atom is -0.483 e. The van der Waals surface area contributed by atoms with Crippen molar-refractivity contribution in [2.24, 2.45) is 5.92 Å². The first-order valence-corrected chi connectivity index (χ1v) is 16.0. The number of para-hydroxylation sites is 1.